The van der Waals surface area contributed by atoms with E-state index >= 15 is 0 Å². The van der Waals surface area contributed by atoms with E-state index in [0.717, 1.165) is 6.42 Å². The van der Waals surface area contributed by atoms with E-state index in [4.69, 9.17) is 0 Å². The summed E-state index contributed by atoms with van der Waals surface area (Å²) in [6, 6.07) is 59.5. The van der Waals surface area contributed by atoms with Crippen LogP contribution in [0.4, 0.5) is 34.1 Å². The lowest BCUT2D eigenvalue weighted by atomic mass is 9.33. The Labute approximate surface area is 424 Å². The molecule has 0 amide bonds. The van der Waals surface area contributed by atoms with E-state index in [1.54, 1.807) is 0 Å². The van der Waals surface area contributed by atoms with E-state index in [1.807, 2.05) is 0 Å². The van der Waals surface area contributed by atoms with Crippen molar-refractivity contribution < 1.29 is 0 Å². The number of hydrogen-bond acceptors (Lipinski definition) is 2. The van der Waals surface area contributed by atoms with Crippen molar-refractivity contribution in [3.8, 4) is 33.4 Å². The van der Waals surface area contributed by atoms with Gasteiger partial charge in [0.25, 0.3) is 6.71 Å². The molecule has 0 N–H and O–H groups in total. The maximum absolute atomic E-state index is 2.68. The maximum atomic E-state index is 2.68. The summed E-state index contributed by atoms with van der Waals surface area (Å²) in [5.41, 5.74) is 30.3. The molecular formula is C68H69BN2. The molecule has 71 heavy (non-hydrogen) atoms. The number of anilines is 6. The zero-order valence-corrected chi connectivity index (χ0v) is 44.6. The van der Waals surface area contributed by atoms with Crippen molar-refractivity contribution >= 4 is 57.2 Å². The molecule has 0 atom stereocenters. The van der Waals surface area contributed by atoms with Crippen LogP contribution >= 0.6 is 0 Å². The average Bonchev–Trinajstić information content (AvgIpc) is 3.67. The summed E-state index contributed by atoms with van der Waals surface area (Å²) in [6.45, 7) is 33.2. The fourth-order valence-corrected chi connectivity index (χ4v) is 13.7. The number of benzene rings is 8. The van der Waals surface area contributed by atoms with Gasteiger partial charge in [0.05, 0.1) is 5.69 Å². The molecule has 0 unspecified atom stereocenters. The second-order valence-corrected chi connectivity index (χ2v) is 25.5. The van der Waals surface area contributed by atoms with Crippen molar-refractivity contribution in [3.63, 3.8) is 0 Å². The topological polar surface area (TPSA) is 6.48 Å². The third-order valence-electron chi connectivity index (χ3n) is 17.1. The largest absolute Gasteiger partial charge is 0.311 e. The van der Waals surface area contributed by atoms with Gasteiger partial charge in [-0.3, -0.25) is 0 Å². The molecule has 0 spiro atoms. The molecule has 0 aromatic heterocycles. The first-order chi connectivity index (χ1) is 33.5. The van der Waals surface area contributed by atoms with E-state index < -0.39 is 0 Å². The van der Waals surface area contributed by atoms with Gasteiger partial charge in [0.1, 0.15) is 0 Å². The first kappa shape index (κ1) is 45.6. The van der Waals surface area contributed by atoms with Gasteiger partial charge in [0, 0.05) is 39.4 Å². The van der Waals surface area contributed by atoms with Crippen molar-refractivity contribution in [1.82, 2.24) is 0 Å². The van der Waals surface area contributed by atoms with Gasteiger partial charge in [0.15, 0.2) is 0 Å². The highest BCUT2D eigenvalue weighted by molar-refractivity contribution is 7.00. The molecule has 12 rings (SSSR count). The maximum Gasteiger partial charge on any atom is 0.252 e. The fourth-order valence-electron chi connectivity index (χ4n) is 13.7. The van der Waals surface area contributed by atoms with Gasteiger partial charge in [0.2, 0.25) is 0 Å². The molecule has 2 heterocycles. The van der Waals surface area contributed by atoms with Crippen LogP contribution < -0.4 is 26.2 Å². The van der Waals surface area contributed by atoms with Crippen LogP contribution in [0.5, 0.6) is 0 Å². The summed E-state index contributed by atoms with van der Waals surface area (Å²) < 4.78 is 0. The number of fused-ring (bicyclic) bond motifs is 8. The highest BCUT2D eigenvalue weighted by atomic mass is 15.2. The second-order valence-electron chi connectivity index (χ2n) is 25.5. The summed E-state index contributed by atoms with van der Waals surface area (Å²) in [4.78, 5) is 5.31. The highest BCUT2D eigenvalue weighted by Crippen LogP contribution is 2.55. The third-order valence-corrected chi connectivity index (χ3v) is 17.1. The summed E-state index contributed by atoms with van der Waals surface area (Å²) in [7, 11) is 0. The molecule has 0 bridgehead atoms. The third kappa shape index (κ3) is 6.81. The van der Waals surface area contributed by atoms with E-state index in [9.17, 15) is 0 Å². The molecule has 0 saturated heterocycles. The van der Waals surface area contributed by atoms with Crippen molar-refractivity contribution in [2.75, 3.05) is 9.80 Å². The molecule has 2 aliphatic carbocycles. The summed E-state index contributed by atoms with van der Waals surface area (Å²) in [6.07, 6.45) is 1.10. The molecule has 8 aromatic rings. The Morgan fingerprint density at radius 1 is 0.423 bits per heavy atom. The predicted molar refractivity (Wildman–Crippen MR) is 306 cm³/mol. The molecule has 354 valence electrons. The van der Waals surface area contributed by atoms with Crippen molar-refractivity contribution in [1.29, 1.82) is 0 Å². The molecular weight excluding hydrogens is 856 g/mol. The van der Waals surface area contributed by atoms with Crippen LogP contribution in [-0.2, 0) is 27.1 Å². The highest BCUT2D eigenvalue weighted by Gasteiger charge is 2.49. The van der Waals surface area contributed by atoms with Gasteiger partial charge in [-0.25, -0.2) is 0 Å². The van der Waals surface area contributed by atoms with E-state index in [1.165, 1.54) is 128 Å². The molecule has 0 saturated carbocycles. The van der Waals surface area contributed by atoms with Crippen molar-refractivity contribution in [2.45, 2.75) is 130 Å². The molecule has 8 aromatic carbocycles. The lowest BCUT2D eigenvalue weighted by molar-refractivity contribution is 0.403. The minimum absolute atomic E-state index is 0.0128. The van der Waals surface area contributed by atoms with E-state index in [-0.39, 0.29) is 33.8 Å². The minimum Gasteiger partial charge on any atom is -0.311 e. The minimum atomic E-state index is -0.0915. The Hall–Kier alpha value is -6.58. The van der Waals surface area contributed by atoms with Crippen molar-refractivity contribution in [2.24, 2.45) is 0 Å². The average molecular weight is 925 g/mol. The second kappa shape index (κ2) is 15.2. The number of rotatable bonds is 4. The molecule has 4 aliphatic rings. The zero-order valence-electron chi connectivity index (χ0n) is 44.6. The Morgan fingerprint density at radius 2 is 0.986 bits per heavy atom. The fraction of sp³-hybridized carbons (Fsp3) is 0.294. The van der Waals surface area contributed by atoms with Crippen molar-refractivity contribution in [3.05, 3.63) is 196 Å². The summed E-state index contributed by atoms with van der Waals surface area (Å²) in [5, 5.41) is 0. The first-order valence-electron chi connectivity index (χ1n) is 26.2. The van der Waals surface area contributed by atoms with Crippen LogP contribution in [0, 0.1) is 13.8 Å². The van der Waals surface area contributed by atoms with Gasteiger partial charge in [-0.2, -0.15) is 0 Å². The molecule has 3 heteroatoms. The number of hydrogen-bond donors (Lipinski definition) is 0. The molecule has 2 aliphatic heterocycles. The van der Waals surface area contributed by atoms with Gasteiger partial charge < -0.3 is 9.80 Å². The summed E-state index contributed by atoms with van der Waals surface area (Å²) >= 11 is 0. The van der Waals surface area contributed by atoms with Gasteiger partial charge in [-0.15, -0.1) is 0 Å². The van der Waals surface area contributed by atoms with Gasteiger partial charge in [-0.05, 0) is 173 Å². The standard InChI is InChI=1S/C68H69BN2/c1-41-33-60-63-61(34-41)71(57-32-29-46(65(6,7)8)37-49(57)43-21-16-15-17-22-43)59-39-53-52(66(9,10)40-67(53,11)12)38-55(59)69(63)54-36-44(27-30-58(54)70(60)56-31-28-45(35-42(56)2)64(3,4)5)47-24-20-26-51-62(47)48-23-18-19-25-50(48)68(51,13)14/h15-39H,40H2,1-14H3. The quantitative estimate of drug-likeness (QED) is 0.162. The zero-order chi connectivity index (χ0) is 49.9. The molecule has 2 nitrogen and oxygen atoms in total. The van der Waals surface area contributed by atoms with E-state index in [0.29, 0.717) is 0 Å². The summed E-state index contributed by atoms with van der Waals surface area (Å²) in [5.74, 6) is 0. The van der Waals surface area contributed by atoms with Crippen LogP contribution in [0.1, 0.15) is 134 Å². The van der Waals surface area contributed by atoms with E-state index in [2.05, 4.69) is 258 Å². The molecule has 0 fully saturated rings. The van der Waals surface area contributed by atoms with Crippen LogP contribution in [0.25, 0.3) is 33.4 Å². The predicted octanol–water partition coefficient (Wildman–Crippen LogP) is 16.6. The Kier molecular flexibility index (Phi) is 9.77. The van der Waals surface area contributed by atoms with Crippen LogP contribution in [-0.4, -0.2) is 6.71 Å². The van der Waals surface area contributed by atoms with Gasteiger partial charge >= 0.3 is 0 Å². The first-order valence-corrected chi connectivity index (χ1v) is 26.2. The van der Waals surface area contributed by atoms with Crippen LogP contribution in [0.15, 0.2) is 152 Å². The van der Waals surface area contributed by atoms with Crippen LogP contribution in [0.3, 0.4) is 0 Å². The lowest BCUT2D eigenvalue weighted by Crippen LogP contribution is -2.61. The SMILES string of the molecule is Cc1cc2c3c(c1)N(c1ccc(C(C)(C)C)cc1-c1ccccc1)c1cc4c(cc1B3c1cc(-c3cccc5c3-c3ccccc3C5(C)C)ccc1N2c1ccc(C(C)(C)C)cc1C)C(C)(C)CC4(C)C. The Bertz CT molecular complexity index is 3540. The normalized spacial score (nSPS) is 16.5. The monoisotopic (exact) mass is 925 g/mol. The Morgan fingerprint density at radius 3 is 1.66 bits per heavy atom. The smallest absolute Gasteiger partial charge is 0.252 e. The van der Waals surface area contributed by atoms with Crippen LogP contribution in [0.2, 0.25) is 0 Å². The Balaban J connectivity index is 1.20. The molecule has 0 radical (unpaired) electrons. The van der Waals surface area contributed by atoms with Gasteiger partial charge in [-0.1, -0.05) is 192 Å². The number of nitrogens with zero attached hydrogens (tertiary/aromatic N) is 2. The number of aryl methyl sites for hydroxylation is 2. The lowest BCUT2D eigenvalue weighted by Gasteiger charge is -2.45.